The van der Waals surface area contributed by atoms with Gasteiger partial charge in [0.15, 0.2) is 0 Å². The van der Waals surface area contributed by atoms with E-state index in [4.69, 9.17) is 12.2 Å². The van der Waals surface area contributed by atoms with E-state index in [0.717, 1.165) is 24.8 Å². The molecule has 0 spiro atoms. The van der Waals surface area contributed by atoms with Crippen LogP contribution in [-0.4, -0.2) is 27.6 Å². The van der Waals surface area contributed by atoms with Crippen molar-refractivity contribution in [1.82, 2.24) is 10.2 Å². The van der Waals surface area contributed by atoms with Crippen molar-refractivity contribution in [3.8, 4) is 0 Å². The van der Waals surface area contributed by atoms with E-state index in [1.54, 1.807) is 18.2 Å². The summed E-state index contributed by atoms with van der Waals surface area (Å²) in [7, 11) is 0. The van der Waals surface area contributed by atoms with Crippen LogP contribution in [0.2, 0.25) is 0 Å². The fourth-order valence-electron chi connectivity index (χ4n) is 3.79. The van der Waals surface area contributed by atoms with Gasteiger partial charge in [-0.3, -0.25) is 14.5 Å². The normalized spacial score (nSPS) is 19.8. The topological polar surface area (TPSA) is 49.4 Å². The summed E-state index contributed by atoms with van der Waals surface area (Å²) >= 11 is 6.53. The van der Waals surface area contributed by atoms with Crippen LogP contribution in [0.3, 0.4) is 0 Å². The van der Waals surface area contributed by atoms with Gasteiger partial charge >= 0.3 is 0 Å². The molecule has 1 atom stereocenters. The molecule has 1 aliphatic carbocycles. The molecule has 0 aromatic heterocycles. The lowest BCUT2D eigenvalue weighted by atomic mass is 9.87. The number of benzene rings is 2. The number of fused-ring (bicyclic) bond motifs is 1. The lowest BCUT2D eigenvalue weighted by molar-refractivity contribution is -0.124. The molecular weight excluding hydrogens is 419 g/mol. The van der Waals surface area contributed by atoms with E-state index in [1.807, 2.05) is 12.1 Å². The fourth-order valence-corrected chi connectivity index (χ4v) is 5.10. The van der Waals surface area contributed by atoms with Crippen LogP contribution in [0.4, 0.5) is 4.39 Å². The van der Waals surface area contributed by atoms with Crippen LogP contribution in [-0.2, 0) is 16.0 Å². The molecule has 1 saturated heterocycles. The number of hydrogen-bond donors (Lipinski definition) is 1. The van der Waals surface area contributed by atoms with Gasteiger partial charge in [0.05, 0.1) is 10.9 Å². The number of thiocarbonyl (C=S) groups is 1. The Kier molecular flexibility index (Phi) is 6.29. The first-order valence-corrected chi connectivity index (χ1v) is 11.1. The molecule has 2 aromatic carbocycles. The molecule has 7 heteroatoms. The molecule has 1 N–H and O–H groups in total. The molecule has 0 radical (unpaired) electrons. The Morgan fingerprint density at radius 2 is 2.00 bits per heavy atom. The highest BCUT2D eigenvalue weighted by atomic mass is 32.2. The molecular formula is C23H21FN2O2S2. The van der Waals surface area contributed by atoms with Gasteiger partial charge in [0.1, 0.15) is 10.1 Å². The number of amides is 2. The van der Waals surface area contributed by atoms with Crippen molar-refractivity contribution in [1.29, 1.82) is 0 Å². The number of hydrogen-bond acceptors (Lipinski definition) is 4. The summed E-state index contributed by atoms with van der Waals surface area (Å²) in [6, 6.07) is 14.1. The van der Waals surface area contributed by atoms with Crippen molar-refractivity contribution < 1.29 is 14.0 Å². The van der Waals surface area contributed by atoms with Crippen molar-refractivity contribution in [2.75, 3.05) is 6.54 Å². The fraction of sp³-hybridized carbons (Fsp3) is 0.261. The van der Waals surface area contributed by atoms with Gasteiger partial charge < -0.3 is 5.32 Å². The predicted molar refractivity (Wildman–Crippen MR) is 121 cm³/mol. The molecule has 2 aromatic rings. The number of nitrogens with zero attached hydrogens (tertiary/aromatic N) is 1. The van der Waals surface area contributed by atoms with Crippen molar-refractivity contribution >= 4 is 46.2 Å². The van der Waals surface area contributed by atoms with E-state index in [2.05, 4.69) is 17.4 Å². The summed E-state index contributed by atoms with van der Waals surface area (Å²) in [6.07, 6.45) is 4.89. The Bertz CT molecular complexity index is 1020. The van der Waals surface area contributed by atoms with E-state index >= 15 is 0 Å². The predicted octanol–water partition coefficient (Wildman–Crippen LogP) is 4.61. The third-order valence-electron chi connectivity index (χ3n) is 5.31. The first-order chi connectivity index (χ1) is 14.5. The summed E-state index contributed by atoms with van der Waals surface area (Å²) in [5, 5.41) is 3.11. The van der Waals surface area contributed by atoms with Gasteiger partial charge in [-0.05, 0) is 54.2 Å². The summed E-state index contributed by atoms with van der Waals surface area (Å²) < 4.78 is 13.5. The first-order valence-electron chi connectivity index (χ1n) is 9.89. The molecule has 4 nitrogen and oxygen atoms in total. The minimum Gasteiger partial charge on any atom is -0.349 e. The highest BCUT2D eigenvalue weighted by Crippen LogP contribution is 2.33. The van der Waals surface area contributed by atoms with Crippen molar-refractivity contribution in [3.05, 3.63) is 75.9 Å². The van der Waals surface area contributed by atoms with Crippen molar-refractivity contribution in [2.45, 2.75) is 31.7 Å². The Morgan fingerprint density at radius 1 is 1.23 bits per heavy atom. The summed E-state index contributed by atoms with van der Waals surface area (Å²) in [6.45, 7) is 0.242. The van der Waals surface area contributed by atoms with Crippen LogP contribution in [0.15, 0.2) is 53.4 Å². The molecule has 1 heterocycles. The monoisotopic (exact) mass is 440 g/mol. The molecule has 0 bridgehead atoms. The Hall–Kier alpha value is -2.51. The molecule has 4 rings (SSSR count). The maximum atomic E-state index is 13.1. The SMILES string of the molecule is O=C(CCN1C(=O)/C(=C/c2ccc(F)cc2)SC1=S)NC1CCCc2ccccc21. The highest BCUT2D eigenvalue weighted by molar-refractivity contribution is 8.26. The summed E-state index contributed by atoms with van der Waals surface area (Å²) in [5.41, 5.74) is 3.20. The molecule has 2 aliphatic rings. The van der Waals surface area contributed by atoms with Gasteiger partial charge in [-0.25, -0.2) is 4.39 Å². The second kappa shape index (κ2) is 9.10. The minimum atomic E-state index is -0.327. The van der Waals surface area contributed by atoms with Crippen LogP contribution in [0, 0.1) is 5.82 Å². The zero-order valence-electron chi connectivity index (χ0n) is 16.3. The number of rotatable bonds is 5. The van der Waals surface area contributed by atoms with Gasteiger partial charge in [0, 0.05) is 13.0 Å². The zero-order valence-corrected chi connectivity index (χ0v) is 17.9. The van der Waals surface area contributed by atoms with Crippen LogP contribution < -0.4 is 5.32 Å². The smallest absolute Gasteiger partial charge is 0.266 e. The molecule has 154 valence electrons. The number of nitrogens with one attached hydrogen (secondary N) is 1. The Balaban J connectivity index is 1.36. The average molecular weight is 441 g/mol. The molecule has 2 amide bonds. The third kappa shape index (κ3) is 4.63. The van der Waals surface area contributed by atoms with E-state index in [1.165, 1.54) is 39.9 Å². The van der Waals surface area contributed by atoms with E-state index in [9.17, 15) is 14.0 Å². The van der Waals surface area contributed by atoms with Crippen molar-refractivity contribution in [2.24, 2.45) is 0 Å². The number of thioether (sulfide) groups is 1. The van der Waals surface area contributed by atoms with Gasteiger partial charge in [0.2, 0.25) is 5.91 Å². The Morgan fingerprint density at radius 3 is 2.80 bits per heavy atom. The van der Waals surface area contributed by atoms with E-state index in [0.29, 0.717) is 9.23 Å². The summed E-state index contributed by atoms with van der Waals surface area (Å²) in [5.74, 6) is -0.635. The number of carbonyl (C=O) groups excluding carboxylic acids is 2. The molecule has 0 saturated carbocycles. The van der Waals surface area contributed by atoms with Crippen LogP contribution >= 0.6 is 24.0 Å². The average Bonchev–Trinajstić information content (AvgIpc) is 3.01. The summed E-state index contributed by atoms with van der Waals surface area (Å²) in [4.78, 5) is 27.2. The molecule has 1 unspecified atom stereocenters. The number of aryl methyl sites for hydroxylation is 1. The van der Waals surface area contributed by atoms with Crippen molar-refractivity contribution in [3.63, 3.8) is 0 Å². The zero-order chi connectivity index (χ0) is 21.1. The lowest BCUT2D eigenvalue weighted by Crippen LogP contribution is -2.35. The van der Waals surface area contributed by atoms with Gasteiger partial charge in [-0.15, -0.1) is 0 Å². The van der Waals surface area contributed by atoms with Gasteiger partial charge in [-0.1, -0.05) is 60.4 Å². The molecule has 1 fully saturated rings. The maximum absolute atomic E-state index is 13.1. The van der Waals surface area contributed by atoms with Gasteiger partial charge in [-0.2, -0.15) is 0 Å². The quantitative estimate of drug-likeness (QED) is 0.545. The Labute approximate surface area is 184 Å². The largest absolute Gasteiger partial charge is 0.349 e. The second-order valence-electron chi connectivity index (χ2n) is 7.35. The van der Waals surface area contributed by atoms with E-state index < -0.39 is 0 Å². The van der Waals surface area contributed by atoms with E-state index in [-0.39, 0.29) is 36.6 Å². The third-order valence-corrected chi connectivity index (χ3v) is 6.69. The maximum Gasteiger partial charge on any atom is 0.266 e. The lowest BCUT2D eigenvalue weighted by Gasteiger charge is -2.26. The van der Waals surface area contributed by atoms with Gasteiger partial charge in [0.25, 0.3) is 5.91 Å². The molecule has 30 heavy (non-hydrogen) atoms. The standard InChI is InChI=1S/C23H21FN2O2S2/c24-17-10-8-15(9-11-17)14-20-22(28)26(23(29)30-20)13-12-21(27)25-19-7-3-5-16-4-1-2-6-18(16)19/h1-2,4,6,8-11,14,19H,3,5,7,12-13H2,(H,25,27)/b20-14-. The molecule has 1 aliphatic heterocycles. The van der Waals surface area contributed by atoms with Crippen LogP contribution in [0.5, 0.6) is 0 Å². The first kappa shape index (κ1) is 20.8. The number of halogens is 1. The van der Waals surface area contributed by atoms with Crippen LogP contribution in [0.1, 0.15) is 42.0 Å². The van der Waals surface area contributed by atoms with Crippen LogP contribution in [0.25, 0.3) is 6.08 Å². The highest BCUT2D eigenvalue weighted by Gasteiger charge is 2.32. The second-order valence-corrected chi connectivity index (χ2v) is 9.02. The number of carbonyl (C=O) groups is 2. The minimum absolute atomic E-state index is 0.0204.